The van der Waals surface area contributed by atoms with Crippen molar-refractivity contribution < 1.29 is 39.0 Å². The second-order valence-electron chi connectivity index (χ2n) is 8.98. The Hall–Kier alpha value is -4.01. The van der Waals surface area contributed by atoms with E-state index in [2.05, 4.69) is 25.9 Å². The molecule has 15 nitrogen and oxygen atoms in total. The van der Waals surface area contributed by atoms with Crippen LogP contribution in [0.25, 0.3) is 0 Å². The van der Waals surface area contributed by atoms with E-state index >= 15 is 0 Å². The van der Waals surface area contributed by atoms with Gasteiger partial charge in [0.05, 0.1) is 12.4 Å². The number of aromatic nitrogens is 2. The largest absolute Gasteiger partial charge is 0.481 e. The number of nitrogens with two attached hydrogens (primary N) is 2. The summed E-state index contributed by atoms with van der Waals surface area (Å²) in [6, 6.07) is -5.01. The van der Waals surface area contributed by atoms with Gasteiger partial charge in [0.2, 0.25) is 23.6 Å². The van der Waals surface area contributed by atoms with Crippen molar-refractivity contribution in [2.75, 3.05) is 0 Å². The average Bonchev–Trinajstić information content (AvgIpc) is 3.31. The monoisotopic (exact) mass is 525 g/mol. The first-order valence-corrected chi connectivity index (χ1v) is 11.7. The van der Waals surface area contributed by atoms with Crippen molar-refractivity contribution in [2.24, 2.45) is 17.4 Å². The van der Waals surface area contributed by atoms with Gasteiger partial charge in [-0.1, -0.05) is 13.8 Å². The number of aliphatic carboxylic acids is 2. The third kappa shape index (κ3) is 12.0. The number of amides is 4. The first kappa shape index (κ1) is 31.0. The van der Waals surface area contributed by atoms with Crippen LogP contribution in [-0.4, -0.2) is 79.9 Å². The summed E-state index contributed by atoms with van der Waals surface area (Å²) >= 11 is 0. The molecule has 206 valence electrons. The van der Waals surface area contributed by atoms with Gasteiger partial charge in [0.15, 0.2) is 0 Å². The Labute approximate surface area is 213 Å². The molecule has 1 aromatic heterocycles. The number of nitrogens with one attached hydrogen (secondary N) is 4. The molecule has 0 saturated carbocycles. The van der Waals surface area contributed by atoms with E-state index < -0.39 is 59.7 Å². The van der Waals surface area contributed by atoms with E-state index in [0.717, 1.165) is 0 Å². The Kier molecular flexibility index (Phi) is 12.7. The Balaban J connectivity index is 2.99. The highest BCUT2D eigenvalue weighted by molar-refractivity contribution is 5.94. The zero-order valence-corrected chi connectivity index (χ0v) is 20.7. The minimum Gasteiger partial charge on any atom is -0.481 e. The van der Waals surface area contributed by atoms with Gasteiger partial charge in [-0.2, -0.15) is 0 Å². The van der Waals surface area contributed by atoms with Crippen molar-refractivity contribution in [2.45, 2.75) is 76.5 Å². The smallest absolute Gasteiger partial charge is 0.326 e. The molecular weight excluding hydrogens is 490 g/mol. The van der Waals surface area contributed by atoms with E-state index in [1.165, 1.54) is 12.5 Å². The lowest BCUT2D eigenvalue weighted by Gasteiger charge is -2.26. The molecule has 0 spiro atoms. The summed E-state index contributed by atoms with van der Waals surface area (Å²) in [7, 11) is 0. The van der Waals surface area contributed by atoms with Crippen LogP contribution in [0.4, 0.5) is 0 Å². The Bertz CT molecular complexity index is 951. The predicted octanol–water partition coefficient (Wildman–Crippen LogP) is -2.01. The van der Waals surface area contributed by atoms with Crippen molar-refractivity contribution in [1.82, 2.24) is 25.9 Å². The molecule has 0 fully saturated rings. The molecule has 4 unspecified atom stereocenters. The molecule has 4 atom stereocenters. The summed E-state index contributed by atoms with van der Waals surface area (Å²) in [5, 5.41) is 25.6. The Morgan fingerprint density at radius 3 is 2.03 bits per heavy atom. The lowest BCUT2D eigenvalue weighted by molar-refractivity contribution is -0.142. The number of rotatable bonds is 17. The number of nitrogens with zero attached hydrogens (tertiary/aromatic N) is 1. The molecule has 37 heavy (non-hydrogen) atoms. The summed E-state index contributed by atoms with van der Waals surface area (Å²) in [5.41, 5.74) is 11.4. The highest BCUT2D eigenvalue weighted by Crippen LogP contribution is 2.09. The second kappa shape index (κ2) is 15.2. The maximum Gasteiger partial charge on any atom is 0.326 e. The number of imidazole rings is 1. The molecule has 10 N–H and O–H groups in total. The average molecular weight is 526 g/mol. The number of carboxylic acid groups (broad SMARTS) is 2. The number of carbonyl (C=O) groups excluding carboxylic acids is 4. The van der Waals surface area contributed by atoms with E-state index in [0.29, 0.717) is 5.69 Å². The third-order valence-electron chi connectivity index (χ3n) is 5.25. The highest BCUT2D eigenvalue weighted by atomic mass is 16.4. The topological polar surface area (TPSA) is 260 Å². The SMILES string of the molecule is CC(C)CC(NC(=O)C(N)CCC(=O)O)C(=O)NC(CCC(N)=O)C(=O)NC(Cc1cnc[nH]1)C(=O)O. The van der Waals surface area contributed by atoms with Gasteiger partial charge in [-0.05, 0) is 25.2 Å². The van der Waals surface area contributed by atoms with Gasteiger partial charge in [-0.15, -0.1) is 0 Å². The van der Waals surface area contributed by atoms with Gasteiger partial charge in [0.1, 0.15) is 18.1 Å². The number of carbonyl (C=O) groups is 6. The fourth-order valence-corrected chi connectivity index (χ4v) is 3.31. The number of H-pyrrole nitrogens is 1. The summed E-state index contributed by atoms with van der Waals surface area (Å²) in [5.74, 6) is -5.65. The fourth-order valence-electron chi connectivity index (χ4n) is 3.31. The van der Waals surface area contributed by atoms with E-state index in [1.807, 2.05) is 0 Å². The van der Waals surface area contributed by atoms with Crippen LogP contribution in [0.3, 0.4) is 0 Å². The minimum absolute atomic E-state index is 0.0741. The first-order chi connectivity index (χ1) is 17.3. The van der Waals surface area contributed by atoms with Crippen LogP contribution in [0.1, 0.15) is 51.6 Å². The number of hydrogen-bond acceptors (Lipinski definition) is 8. The quantitative estimate of drug-likeness (QED) is 0.111. The van der Waals surface area contributed by atoms with Crippen molar-refractivity contribution in [3.63, 3.8) is 0 Å². The minimum atomic E-state index is -1.36. The molecule has 1 rings (SSSR count). The zero-order valence-electron chi connectivity index (χ0n) is 20.7. The molecule has 15 heteroatoms. The van der Waals surface area contributed by atoms with Gasteiger partial charge in [-0.3, -0.25) is 24.0 Å². The zero-order chi connectivity index (χ0) is 28.1. The number of hydrogen-bond donors (Lipinski definition) is 8. The molecule has 0 radical (unpaired) electrons. The van der Waals surface area contributed by atoms with Crippen LogP contribution in [0.15, 0.2) is 12.5 Å². The van der Waals surface area contributed by atoms with E-state index in [9.17, 15) is 33.9 Å². The van der Waals surface area contributed by atoms with Crippen molar-refractivity contribution in [1.29, 1.82) is 0 Å². The highest BCUT2D eigenvalue weighted by Gasteiger charge is 2.31. The van der Waals surface area contributed by atoms with Crippen LogP contribution < -0.4 is 27.4 Å². The Morgan fingerprint density at radius 2 is 1.51 bits per heavy atom. The molecule has 0 aromatic carbocycles. The van der Waals surface area contributed by atoms with E-state index in [-0.39, 0.29) is 44.4 Å². The molecule has 0 saturated heterocycles. The van der Waals surface area contributed by atoms with Crippen LogP contribution in [0, 0.1) is 5.92 Å². The molecular formula is C22H35N7O8. The molecule has 0 aliphatic carbocycles. The summed E-state index contributed by atoms with van der Waals surface area (Å²) in [6.07, 6.45) is 1.81. The Morgan fingerprint density at radius 1 is 0.919 bits per heavy atom. The molecule has 0 aliphatic heterocycles. The predicted molar refractivity (Wildman–Crippen MR) is 128 cm³/mol. The number of primary amides is 1. The van der Waals surface area contributed by atoms with Gasteiger partial charge >= 0.3 is 11.9 Å². The molecule has 0 aliphatic rings. The normalized spacial score (nSPS) is 14.2. The van der Waals surface area contributed by atoms with Crippen molar-refractivity contribution >= 4 is 35.6 Å². The van der Waals surface area contributed by atoms with Crippen LogP contribution >= 0.6 is 0 Å². The van der Waals surface area contributed by atoms with Crippen molar-refractivity contribution in [3.05, 3.63) is 18.2 Å². The maximum atomic E-state index is 13.1. The summed E-state index contributed by atoms with van der Waals surface area (Å²) in [4.78, 5) is 78.7. The van der Waals surface area contributed by atoms with Gasteiger partial charge in [0.25, 0.3) is 0 Å². The molecule has 1 aromatic rings. The molecule has 4 amide bonds. The van der Waals surface area contributed by atoms with Crippen LogP contribution in [0.5, 0.6) is 0 Å². The van der Waals surface area contributed by atoms with Crippen molar-refractivity contribution in [3.8, 4) is 0 Å². The standard InChI is InChI=1S/C22H35N7O8/c1-11(2)7-15(28-19(33)13(23)3-6-18(31)32)21(35)27-14(4-5-17(24)30)20(34)29-16(22(36)37)8-12-9-25-10-26-12/h9-11,13-16H,3-8,23H2,1-2H3,(H2,24,30)(H,25,26)(H,27,35)(H,28,33)(H,29,34)(H,31,32)(H,36,37). The molecule has 1 heterocycles. The van der Waals surface area contributed by atoms with Gasteiger partial charge < -0.3 is 42.6 Å². The lowest BCUT2D eigenvalue weighted by Crippen LogP contribution is -2.57. The number of aromatic amines is 1. The summed E-state index contributed by atoms with van der Waals surface area (Å²) in [6.45, 7) is 3.59. The lowest BCUT2D eigenvalue weighted by atomic mass is 10.0. The van der Waals surface area contributed by atoms with Crippen LogP contribution in [0.2, 0.25) is 0 Å². The van der Waals surface area contributed by atoms with E-state index in [4.69, 9.17) is 16.6 Å². The fraction of sp³-hybridized carbons (Fsp3) is 0.591. The van der Waals surface area contributed by atoms with Gasteiger partial charge in [-0.25, -0.2) is 9.78 Å². The van der Waals surface area contributed by atoms with Gasteiger partial charge in [0, 0.05) is 31.2 Å². The third-order valence-corrected chi connectivity index (χ3v) is 5.25. The molecule has 0 bridgehead atoms. The van der Waals surface area contributed by atoms with Crippen LogP contribution in [-0.2, 0) is 35.2 Å². The second-order valence-corrected chi connectivity index (χ2v) is 8.98. The summed E-state index contributed by atoms with van der Waals surface area (Å²) < 4.78 is 0. The van der Waals surface area contributed by atoms with E-state index in [1.54, 1.807) is 13.8 Å². The maximum absolute atomic E-state index is 13.1. The number of carboxylic acids is 2. The first-order valence-electron chi connectivity index (χ1n) is 11.7.